The van der Waals surface area contributed by atoms with Gasteiger partial charge in [-0.2, -0.15) is 0 Å². The Morgan fingerprint density at radius 2 is 1.62 bits per heavy atom. The lowest BCUT2D eigenvalue weighted by atomic mass is 10.3. The molecule has 0 amide bonds. The van der Waals surface area contributed by atoms with Crippen LogP contribution < -0.4 is 10.5 Å². The van der Waals surface area contributed by atoms with E-state index in [1.54, 1.807) is 12.1 Å². The highest BCUT2D eigenvalue weighted by molar-refractivity contribution is 7.93. The average molecular weight is 326 g/mol. The Balaban J connectivity index is 2.41. The van der Waals surface area contributed by atoms with Crippen LogP contribution in [-0.2, 0) is 19.9 Å². The van der Waals surface area contributed by atoms with Gasteiger partial charge in [-0.05, 0) is 30.3 Å². The van der Waals surface area contributed by atoms with Crippen molar-refractivity contribution in [2.45, 2.75) is 9.79 Å². The summed E-state index contributed by atoms with van der Waals surface area (Å²) in [6.07, 6.45) is 1.05. The van der Waals surface area contributed by atoms with Crippen molar-refractivity contribution < 1.29 is 16.8 Å². The van der Waals surface area contributed by atoms with Gasteiger partial charge in [0.2, 0.25) is 0 Å². The normalized spacial score (nSPS) is 12.0. The molecule has 0 atom stereocenters. The topological polar surface area (TPSA) is 106 Å². The minimum Gasteiger partial charge on any atom is -0.398 e. The summed E-state index contributed by atoms with van der Waals surface area (Å²) in [5.74, 6) is 0. The van der Waals surface area contributed by atoms with Gasteiger partial charge in [0.25, 0.3) is 10.0 Å². The summed E-state index contributed by atoms with van der Waals surface area (Å²) < 4.78 is 49.8. The molecule has 0 radical (unpaired) electrons. The fourth-order valence-electron chi connectivity index (χ4n) is 1.73. The van der Waals surface area contributed by atoms with Gasteiger partial charge in [-0.25, -0.2) is 16.8 Å². The predicted molar refractivity (Wildman–Crippen MR) is 81.2 cm³/mol. The molecular formula is C13H14N2O4S2. The Kier molecular flexibility index (Phi) is 3.93. The van der Waals surface area contributed by atoms with Crippen LogP contribution in [-0.4, -0.2) is 23.1 Å². The summed E-state index contributed by atoms with van der Waals surface area (Å²) >= 11 is 0. The molecule has 112 valence electrons. The van der Waals surface area contributed by atoms with E-state index in [9.17, 15) is 16.8 Å². The molecule has 0 fully saturated rings. The zero-order chi connectivity index (χ0) is 15.7. The lowest BCUT2D eigenvalue weighted by Crippen LogP contribution is -2.15. The van der Waals surface area contributed by atoms with Gasteiger partial charge in [0.1, 0.15) is 4.90 Å². The van der Waals surface area contributed by atoms with Crippen LogP contribution in [0, 0.1) is 0 Å². The quantitative estimate of drug-likeness (QED) is 0.828. The number of nitrogens with one attached hydrogen (secondary N) is 1. The Morgan fingerprint density at radius 3 is 2.24 bits per heavy atom. The fraction of sp³-hybridized carbons (Fsp3) is 0.0769. The van der Waals surface area contributed by atoms with Crippen molar-refractivity contribution in [3.8, 4) is 0 Å². The van der Waals surface area contributed by atoms with Crippen LogP contribution in [0.4, 0.5) is 11.4 Å². The van der Waals surface area contributed by atoms with Gasteiger partial charge in [-0.15, -0.1) is 0 Å². The molecule has 0 bridgehead atoms. The molecule has 3 N–H and O–H groups in total. The first-order valence-corrected chi connectivity index (χ1v) is 9.25. The van der Waals surface area contributed by atoms with Crippen LogP contribution in [0.15, 0.2) is 58.3 Å². The van der Waals surface area contributed by atoms with E-state index in [2.05, 4.69) is 4.72 Å². The van der Waals surface area contributed by atoms with Crippen molar-refractivity contribution in [1.82, 2.24) is 0 Å². The Labute approximate surface area is 123 Å². The third kappa shape index (κ3) is 3.53. The molecule has 0 aliphatic carbocycles. The first-order valence-electron chi connectivity index (χ1n) is 5.87. The number of rotatable bonds is 4. The highest BCUT2D eigenvalue weighted by Gasteiger charge is 2.17. The first kappa shape index (κ1) is 15.3. The minimum atomic E-state index is -3.88. The van der Waals surface area contributed by atoms with E-state index in [-0.39, 0.29) is 21.2 Å². The summed E-state index contributed by atoms with van der Waals surface area (Å²) in [6.45, 7) is 0. The molecule has 0 heterocycles. The van der Waals surface area contributed by atoms with Crippen LogP contribution in [0.3, 0.4) is 0 Å². The maximum absolute atomic E-state index is 12.2. The van der Waals surface area contributed by atoms with E-state index < -0.39 is 19.9 Å². The van der Waals surface area contributed by atoms with E-state index in [0.717, 1.165) is 6.26 Å². The zero-order valence-corrected chi connectivity index (χ0v) is 12.8. The SMILES string of the molecule is CS(=O)(=O)c1cccc(NS(=O)(=O)c2ccccc2N)c1. The Bertz CT molecular complexity index is 875. The first-order chi connectivity index (χ1) is 9.70. The van der Waals surface area contributed by atoms with Gasteiger partial charge >= 0.3 is 0 Å². The second-order valence-electron chi connectivity index (χ2n) is 4.44. The van der Waals surface area contributed by atoms with Gasteiger partial charge in [0, 0.05) is 6.26 Å². The van der Waals surface area contributed by atoms with E-state index in [4.69, 9.17) is 5.73 Å². The van der Waals surface area contributed by atoms with Crippen LogP contribution in [0.1, 0.15) is 0 Å². The van der Waals surface area contributed by atoms with E-state index in [1.165, 1.54) is 36.4 Å². The maximum atomic E-state index is 12.2. The van der Waals surface area contributed by atoms with E-state index in [0.29, 0.717) is 0 Å². The third-order valence-electron chi connectivity index (χ3n) is 2.72. The minimum absolute atomic E-state index is 0.0312. The van der Waals surface area contributed by atoms with Crippen molar-refractivity contribution in [1.29, 1.82) is 0 Å². The summed E-state index contributed by atoms with van der Waals surface area (Å²) in [6, 6.07) is 11.6. The summed E-state index contributed by atoms with van der Waals surface area (Å²) in [7, 11) is -7.29. The Hall–Kier alpha value is -2.06. The molecule has 0 aliphatic heterocycles. The van der Waals surface area contributed by atoms with Gasteiger partial charge in [0.05, 0.1) is 16.3 Å². The van der Waals surface area contributed by atoms with Gasteiger partial charge < -0.3 is 5.73 Å². The van der Waals surface area contributed by atoms with Crippen molar-refractivity contribution in [2.24, 2.45) is 0 Å². The second-order valence-corrected chi connectivity index (χ2v) is 8.11. The number of sulfonamides is 1. The van der Waals surface area contributed by atoms with Crippen molar-refractivity contribution in [3.05, 3.63) is 48.5 Å². The van der Waals surface area contributed by atoms with Crippen molar-refractivity contribution >= 4 is 31.2 Å². The molecule has 0 aromatic heterocycles. The molecule has 0 aliphatic rings. The fourth-order valence-corrected chi connectivity index (χ4v) is 3.58. The highest BCUT2D eigenvalue weighted by atomic mass is 32.2. The molecule has 0 saturated carbocycles. The van der Waals surface area contributed by atoms with Crippen LogP contribution in [0.25, 0.3) is 0 Å². The third-order valence-corrected chi connectivity index (χ3v) is 5.29. The molecular weight excluding hydrogens is 312 g/mol. The number of hydrogen-bond acceptors (Lipinski definition) is 5. The van der Waals surface area contributed by atoms with Gasteiger partial charge in [-0.1, -0.05) is 18.2 Å². The molecule has 0 spiro atoms. The number of hydrogen-bond donors (Lipinski definition) is 2. The molecule has 21 heavy (non-hydrogen) atoms. The number of nitrogens with two attached hydrogens (primary N) is 1. The highest BCUT2D eigenvalue weighted by Crippen LogP contribution is 2.22. The second kappa shape index (κ2) is 5.38. The monoisotopic (exact) mass is 326 g/mol. The number of sulfone groups is 1. The standard InChI is InChI=1S/C13H14N2O4S2/c1-20(16,17)11-6-4-5-10(9-11)15-21(18,19)13-8-3-2-7-12(13)14/h2-9,15H,14H2,1H3. The summed E-state index contributed by atoms with van der Waals surface area (Å²) in [5, 5.41) is 0. The van der Waals surface area contributed by atoms with Crippen molar-refractivity contribution in [2.75, 3.05) is 16.7 Å². The average Bonchev–Trinajstić information content (AvgIpc) is 2.37. The molecule has 2 rings (SSSR count). The number of nitrogen functional groups attached to an aromatic ring is 1. The van der Waals surface area contributed by atoms with Crippen LogP contribution in [0.5, 0.6) is 0 Å². The molecule has 0 saturated heterocycles. The van der Waals surface area contributed by atoms with E-state index >= 15 is 0 Å². The van der Waals surface area contributed by atoms with Gasteiger partial charge in [-0.3, -0.25) is 4.72 Å². The predicted octanol–water partition coefficient (Wildman–Crippen LogP) is 1.47. The molecule has 6 nitrogen and oxygen atoms in total. The van der Waals surface area contributed by atoms with Crippen LogP contribution >= 0.6 is 0 Å². The Morgan fingerprint density at radius 1 is 0.952 bits per heavy atom. The van der Waals surface area contributed by atoms with E-state index in [1.807, 2.05) is 0 Å². The molecule has 2 aromatic rings. The number of anilines is 2. The smallest absolute Gasteiger partial charge is 0.263 e. The largest absolute Gasteiger partial charge is 0.398 e. The molecule has 8 heteroatoms. The lowest BCUT2D eigenvalue weighted by Gasteiger charge is -2.10. The zero-order valence-electron chi connectivity index (χ0n) is 11.1. The summed E-state index contributed by atoms with van der Waals surface area (Å²) in [5.41, 5.74) is 5.91. The summed E-state index contributed by atoms with van der Waals surface area (Å²) in [4.78, 5) is -0.0292. The lowest BCUT2D eigenvalue weighted by molar-refractivity contribution is 0.599. The maximum Gasteiger partial charge on any atom is 0.263 e. The molecule has 2 aromatic carbocycles. The number of benzene rings is 2. The van der Waals surface area contributed by atoms with Gasteiger partial charge in [0.15, 0.2) is 9.84 Å². The number of para-hydroxylation sites is 1. The van der Waals surface area contributed by atoms with Crippen LogP contribution in [0.2, 0.25) is 0 Å². The van der Waals surface area contributed by atoms with Crippen molar-refractivity contribution in [3.63, 3.8) is 0 Å². The molecule has 0 unspecified atom stereocenters.